The molecule has 1 aromatic rings. The van der Waals surface area contributed by atoms with E-state index >= 15 is 0 Å². The van der Waals surface area contributed by atoms with Gasteiger partial charge in [-0.15, -0.1) is 11.3 Å². The lowest BCUT2D eigenvalue weighted by Crippen LogP contribution is -2.44. The second kappa shape index (κ2) is 5.80. The number of rotatable bonds is 6. The molecule has 0 aliphatic heterocycles. The lowest BCUT2D eigenvalue weighted by Gasteiger charge is -2.27. The van der Waals surface area contributed by atoms with Crippen LogP contribution in [0.25, 0.3) is 0 Å². The Balaban J connectivity index is 2.69. The third kappa shape index (κ3) is 3.66. The summed E-state index contributed by atoms with van der Waals surface area (Å²) in [5.74, 6) is 0. The fraction of sp³-hybridized carbons (Fsp3) is 0.750. The van der Waals surface area contributed by atoms with Crippen molar-refractivity contribution in [2.24, 2.45) is 0 Å². The van der Waals surface area contributed by atoms with Gasteiger partial charge in [-0.1, -0.05) is 6.92 Å². The molecule has 0 bridgehead atoms. The van der Waals surface area contributed by atoms with E-state index in [2.05, 4.69) is 17.2 Å². The van der Waals surface area contributed by atoms with Crippen molar-refractivity contribution >= 4 is 16.5 Å². The number of aromatic nitrogens is 1. The summed E-state index contributed by atoms with van der Waals surface area (Å²) in [5.41, 5.74) is 0.872. The van der Waals surface area contributed by atoms with Crippen LogP contribution in [0, 0.1) is 6.92 Å². The molecular weight excluding hydrogens is 234 g/mol. The quantitative estimate of drug-likeness (QED) is 0.815. The molecule has 5 heteroatoms. The summed E-state index contributed by atoms with van der Waals surface area (Å²) in [5, 5.41) is 13.8. The van der Waals surface area contributed by atoms with Gasteiger partial charge in [0, 0.05) is 31.1 Å². The topological polar surface area (TPSA) is 48.4 Å². The maximum Gasteiger partial charge on any atom is 0.185 e. The fourth-order valence-corrected chi connectivity index (χ4v) is 2.28. The second-order valence-corrected chi connectivity index (χ2v) is 5.89. The van der Waals surface area contributed by atoms with Gasteiger partial charge in [0.15, 0.2) is 5.13 Å². The first-order chi connectivity index (χ1) is 7.91. The molecule has 0 aliphatic carbocycles. The van der Waals surface area contributed by atoms with E-state index in [0.29, 0.717) is 0 Å². The summed E-state index contributed by atoms with van der Waals surface area (Å²) in [6.45, 7) is 7.07. The van der Waals surface area contributed by atoms with Gasteiger partial charge in [0.05, 0.1) is 12.3 Å². The zero-order valence-electron chi connectivity index (χ0n) is 11.4. The van der Waals surface area contributed by atoms with Gasteiger partial charge in [-0.3, -0.25) is 0 Å². The zero-order valence-corrected chi connectivity index (χ0v) is 12.2. The van der Waals surface area contributed by atoms with E-state index in [-0.39, 0.29) is 12.1 Å². The molecule has 0 spiro atoms. The van der Waals surface area contributed by atoms with Crippen LogP contribution < -0.4 is 10.2 Å². The molecule has 1 atom stereocenters. The maximum atomic E-state index is 9.34. The molecule has 1 unspecified atom stereocenters. The predicted molar refractivity (Wildman–Crippen MR) is 73.8 cm³/mol. The summed E-state index contributed by atoms with van der Waals surface area (Å²) in [6, 6.07) is 0. The van der Waals surface area contributed by atoms with Gasteiger partial charge in [-0.25, -0.2) is 4.98 Å². The normalized spacial score (nSPS) is 14.7. The van der Waals surface area contributed by atoms with Crippen LogP contribution in [0.2, 0.25) is 0 Å². The zero-order chi connectivity index (χ0) is 13.1. The molecule has 0 aromatic carbocycles. The highest BCUT2D eigenvalue weighted by Gasteiger charge is 2.20. The number of aliphatic hydroxyl groups is 1. The summed E-state index contributed by atoms with van der Waals surface area (Å²) in [4.78, 5) is 7.76. The van der Waals surface area contributed by atoms with E-state index in [1.807, 2.05) is 32.8 Å². The first-order valence-electron chi connectivity index (χ1n) is 5.91. The van der Waals surface area contributed by atoms with Crippen LogP contribution in [0.4, 0.5) is 5.13 Å². The molecule has 1 aromatic heterocycles. The lowest BCUT2D eigenvalue weighted by molar-refractivity contribution is 0.169. The van der Waals surface area contributed by atoms with Crippen LogP contribution in [-0.4, -0.2) is 36.3 Å². The monoisotopic (exact) mass is 257 g/mol. The third-order valence-corrected chi connectivity index (χ3v) is 4.39. The van der Waals surface area contributed by atoms with E-state index in [1.165, 1.54) is 4.88 Å². The Labute approximate surface area is 108 Å². The standard InChI is InChI=1S/C12H23N3OS/c1-6-12(3,8-16)13-7-10-9(2)14-11(17-10)15(4)5/h13,16H,6-8H2,1-5H3. The largest absolute Gasteiger partial charge is 0.394 e. The molecule has 0 fully saturated rings. The van der Waals surface area contributed by atoms with Crippen LogP contribution >= 0.6 is 11.3 Å². The molecule has 0 saturated heterocycles. The van der Waals surface area contributed by atoms with Crippen molar-refractivity contribution in [2.75, 3.05) is 25.6 Å². The first-order valence-corrected chi connectivity index (χ1v) is 6.73. The van der Waals surface area contributed by atoms with Crippen LogP contribution in [-0.2, 0) is 6.54 Å². The van der Waals surface area contributed by atoms with E-state index < -0.39 is 0 Å². The molecule has 0 saturated carbocycles. The highest BCUT2D eigenvalue weighted by Crippen LogP contribution is 2.25. The van der Waals surface area contributed by atoms with Crippen molar-refractivity contribution in [1.29, 1.82) is 0 Å². The van der Waals surface area contributed by atoms with Gasteiger partial charge in [0.25, 0.3) is 0 Å². The molecule has 0 amide bonds. The predicted octanol–water partition coefficient (Wildman–Crippen LogP) is 1.77. The smallest absolute Gasteiger partial charge is 0.185 e. The highest BCUT2D eigenvalue weighted by molar-refractivity contribution is 7.15. The van der Waals surface area contributed by atoms with E-state index in [9.17, 15) is 5.11 Å². The number of aryl methyl sites for hydroxylation is 1. The lowest BCUT2D eigenvalue weighted by atomic mass is 10.0. The van der Waals surface area contributed by atoms with Crippen molar-refractivity contribution in [1.82, 2.24) is 10.3 Å². The number of anilines is 1. The minimum atomic E-state index is -0.200. The van der Waals surface area contributed by atoms with Crippen LogP contribution in [0.1, 0.15) is 30.8 Å². The van der Waals surface area contributed by atoms with Crippen LogP contribution in [0.3, 0.4) is 0 Å². The fourth-order valence-electron chi connectivity index (χ4n) is 1.35. The average molecular weight is 257 g/mol. The number of aliphatic hydroxyl groups excluding tert-OH is 1. The first kappa shape index (κ1) is 14.4. The van der Waals surface area contributed by atoms with Gasteiger partial charge in [0.2, 0.25) is 0 Å². The number of hydrogen-bond donors (Lipinski definition) is 2. The highest BCUT2D eigenvalue weighted by atomic mass is 32.1. The number of nitrogens with one attached hydrogen (secondary N) is 1. The maximum absolute atomic E-state index is 9.34. The van der Waals surface area contributed by atoms with Crippen molar-refractivity contribution in [3.63, 3.8) is 0 Å². The van der Waals surface area contributed by atoms with Crippen molar-refractivity contribution < 1.29 is 5.11 Å². The molecule has 17 heavy (non-hydrogen) atoms. The van der Waals surface area contributed by atoms with Gasteiger partial charge in [-0.05, 0) is 20.3 Å². The average Bonchev–Trinajstić information content (AvgIpc) is 2.68. The molecular formula is C12H23N3OS. The summed E-state index contributed by atoms with van der Waals surface area (Å²) < 4.78 is 0. The number of nitrogens with zero attached hydrogens (tertiary/aromatic N) is 2. The van der Waals surface area contributed by atoms with Gasteiger partial charge in [0.1, 0.15) is 0 Å². The summed E-state index contributed by atoms with van der Waals surface area (Å²) >= 11 is 1.70. The molecule has 4 nitrogen and oxygen atoms in total. The van der Waals surface area contributed by atoms with Gasteiger partial charge < -0.3 is 15.3 Å². The molecule has 98 valence electrons. The van der Waals surface area contributed by atoms with E-state index in [4.69, 9.17) is 0 Å². The van der Waals surface area contributed by atoms with E-state index in [1.54, 1.807) is 11.3 Å². The molecule has 0 aliphatic rings. The van der Waals surface area contributed by atoms with Crippen molar-refractivity contribution in [2.45, 2.75) is 39.3 Å². The Morgan fingerprint density at radius 3 is 2.53 bits per heavy atom. The van der Waals surface area contributed by atoms with Gasteiger partial charge >= 0.3 is 0 Å². The minimum Gasteiger partial charge on any atom is -0.394 e. The Morgan fingerprint density at radius 2 is 2.12 bits per heavy atom. The third-order valence-electron chi connectivity index (χ3n) is 3.07. The van der Waals surface area contributed by atoms with Crippen LogP contribution in [0.15, 0.2) is 0 Å². The SMILES string of the molecule is CCC(C)(CO)NCc1sc(N(C)C)nc1C. The molecule has 2 N–H and O–H groups in total. The molecule has 1 rings (SSSR count). The molecule has 1 heterocycles. The Hall–Kier alpha value is -0.650. The summed E-state index contributed by atoms with van der Waals surface area (Å²) in [6.07, 6.45) is 0.905. The van der Waals surface area contributed by atoms with Crippen molar-refractivity contribution in [3.8, 4) is 0 Å². The summed E-state index contributed by atoms with van der Waals surface area (Å²) in [7, 11) is 4.00. The van der Waals surface area contributed by atoms with E-state index in [0.717, 1.165) is 23.8 Å². The van der Waals surface area contributed by atoms with Crippen molar-refractivity contribution in [3.05, 3.63) is 10.6 Å². The number of hydrogen-bond acceptors (Lipinski definition) is 5. The Morgan fingerprint density at radius 1 is 1.47 bits per heavy atom. The second-order valence-electron chi connectivity index (χ2n) is 4.83. The number of thiazole rings is 1. The van der Waals surface area contributed by atoms with Crippen LogP contribution in [0.5, 0.6) is 0 Å². The molecule has 0 radical (unpaired) electrons. The Kier molecular flexibility index (Phi) is 4.91. The van der Waals surface area contributed by atoms with Gasteiger partial charge in [-0.2, -0.15) is 0 Å². The Bertz CT molecular complexity index is 359. The minimum absolute atomic E-state index is 0.155.